The predicted octanol–water partition coefficient (Wildman–Crippen LogP) is 2.37. The van der Waals surface area contributed by atoms with Gasteiger partial charge in [0, 0.05) is 10.6 Å². The molecule has 0 saturated carbocycles. The van der Waals surface area contributed by atoms with Crippen LogP contribution in [0.1, 0.15) is 27.6 Å². The molecule has 7 nitrogen and oxygen atoms in total. The summed E-state index contributed by atoms with van der Waals surface area (Å²) in [6.45, 7) is 1.35. The Labute approximate surface area is 150 Å². The van der Waals surface area contributed by atoms with E-state index in [0.29, 0.717) is 23.8 Å². The maximum Gasteiger partial charge on any atom is 0.416 e. The molecular formula is C15H12ClF3N4O3. The molecule has 1 unspecified atom stereocenters. The lowest BCUT2D eigenvalue weighted by molar-refractivity contribution is -0.144. The number of halogens is 4. The molecule has 0 aliphatic carbocycles. The van der Waals surface area contributed by atoms with Gasteiger partial charge in [-0.25, -0.2) is 4.79 Å². The molecule has 1 aliphatic rings. The Morgan fingerprint density at radius 3 is 2.58 bits per heavy atom. The number of amides is 1. The summed E-state index contributed by atoms with van der Waals surface area (Å²) in [5.41, 5.74) is -1.43. The third kappa shape index (κ3) is 3.24. The molecule has 0 spiro atoms. The van der Waals surface area contributed by atoms with Crippen molar-refractivity contribution in [3.63, 3.8) is 0 Å². The van der Waals surface area contributed by atoms with Gasteiger partial charge in [0.05, 0.1) is 18.7 Å². The standard InChI is InChI=1S/C15H12ClF3N4O3/c1-7-20-21-12-6-23(11(14(25)26)5-22(7)12)13(24)8-2-9(15(17,18)19)4-10(16)3-8/h2-4,11H,5-6H2,1H3,(H,25,26). The van der Waals surface area contributed by atoms with Crippen molar-refractivity contribution >= 4 is 23.5 Å². The molecule has 11 heteroatoms. The number of benzene rings is 1. The topological polar surface area (TPSA) is 88.3 Å². The Hall–Kier alpha value is -2.62. The van der Waals surface area contributed by atoms with Crippen molar-refractivity contribution < 1.29 is 27.9 Å². The van der Waals surface area contributed by atoms with E-state index in [2.05, 4.69) is 10.2 Å². The first kappa shape index (κ1) is 18.2. The van der Waals surface area contributed by atoms with E-state index in [9.17, 15) is 27.9 Å². The summed E-state index contributed by atoms with van der Waals surface area (Å²) in [7, 11) is 0. The third-order valence-corrected chi connectivity index (χ3v) is 4.29. The summed E-state index contributed by atoms with van der Waals surface area (Å²) in [5.74, 6) is -1.32. The molecule has 1 amide bonds. The van der Waals surface area contributed by atoms with E-state index in [0.717, 1.165) is 11.0 Å². The fourth-order valence-electron chi connectivity index (χ4n) is 2.78. The molecule has 1 atom stereocenters. The summed E-state index contributed by atoms with van der Waals surface area (Å²) >= 11 is 5.71. The van der Waals surface area contributed by atoms with Gasteiger partial charge in [-0.05, 0) is 25.1 Å². The number of carbonyl (C=O) groups is 2. The van der Waals surface area contributed by atoms with Gasteiger partial charge in [0.25, 0.3) is 5.91 Å². The first-order chi connectivity index (χ1) is 12.1. The number of carboxylic acids is 1. The summed E-state index contributed by atoms with van der Waals surface area (Å²) in [6.07, 6.45) is -4.69. The van der Waals surface area contributed by atoms with Crippen molar-refractivity contribution in [3.8, 4) is 0 Å². The number of aliphatic carboxylic acids is 1. The Morgan fingerprint density at radius 1 is 1.27 bits per heavy atom. The minimum absolute atomic E-state index is 0.0953. The van der Waals surface area contributed by atoms with Crippen molar-refractivity contribution in [2.45, 2.75) is 32.2 Å². The summed E-state index contributed by atoms with van der Waals surface area (Å²) < 4.78 is 40.4. The second-order valence-corrected chi connectivity index (χ2v) is 6.22. The SMILES string of the molecule is Cc1nnc2n1CC(C(=O)O)N(C(=O)c1cc(Cl)cc(C(F)(F)F)c1)C2. The van der Waals surface area contributed by atoms with Crippen LogP contribution in [0.4, 0.5) is 13.2 Å². The first-order valence-corrected chi connectivity index (χ1v) is 7.76. The predicted molar refractivity (Wildman–Crippen MR) is 82.5 cm³/mol. The molecule has 138 valence electrons. The van der Waals surface area contributed by atoms with Crippen molar-refractivity contribution in [3.05, 3.63) is 46.0 Å². The zero-order valence-electron chi connectivity index (χ0n) is 13.3. The highest BCUT2D eigenvalue weighted by atomic mass is 35.5. The molecule has 26 heavy (non-hydrogen) atoms. The van der Waals surface area contributed by atoms with E-state index < -0.39 is 29.7 Å². The van der Waals surface area contributed by atoms with Crippen LogP contribution in [0.15, 0.2) is 18.2 Å². The summed E-state index contributed by atoms with van der Waals surface area (Å²) in [6, 6.07) is 1.15. The fourth-order valence-corrected chi connectivity index (χ4v) is 3.02. The van der Waals surface area contributed by atoms with Crippen LogP contribution in [0.2, 0.25) is 5.02 Å². The minimum atomic E-state index is -4.69. The number of aromatic nitrogens is 3. The number of carboxylic acid groups (broad SMARTS) is 1. The molecule has 1 aromatic heterocycles. The van der Waals surface area contributed by atoms with Gasteiger partial charge >= 0.3 is 12.1 Å². The van der Waals surface area contributed by atoms with Crippen molar-refractivity contribution in [1.29, 1.82) is 0 Å². The largest absolute Gasteiger partial charge is 0.480 e. The maximum atomic E-state index is 13.0. The van der Waals surface area contributed by atoms with Crippen LogP contribution in [0, 0.1) is 6.92 Å². The summed E-state index contributed by atoms with van der Waals surface area (Å²) in [4.78, 5) is 25.3. The van der Waals surface area contributed by atoms with Gasteiger partial charge in [0.2, 0.25) is 0 Å². The highest BCUT2D eigenvalue weighted by Gasteiger charge is 2.38. The molecule has 0 bridgehead atoms. The van der Waals surface area contributed by atoms with Crippen LogP contribution in [0.25, 0.3) is 0 Å². The highest BCUT2D eigenvalue weighted by molar-refractivity contribution is 6.31. The number of fused-ring (bicyclic) bond motifs is 1. The van der Waals surface area contributed by atoms with Crippen molar-refractivity contribution in [2.75, 3.05) is 0 Å². The van der Waals surface area contributed by atoms with Crippen LogP contribution in [0.3, 0.4) is 0 Å². The Bertz CT molecular complexity index is 897. The van der Waals surface area contributed by atoms with Gasteiger partial charge in [-0.3, -0.25) is 4.79 Å². The zero-order chi connectivity index (χ0) is 19.2. The first-order valence-electron chi connectivity index (χ1n) is 7.38. The molecular weight excluding hydrogens is 377 g/mol. The lowest BCUT2D eigenvalue weighted by Crippen LogP contribution is -2.50. The zero-order valence-corrected chi connectivity index (χ0v) is 14.0. The lowest BCUT2D eigenvalue weighted by Gasteiger charge is -2.33. The van der Waals surface area contributed by atoms with E-state index in [-0.39, 0.29) is 23.7 Å². The van der Waals surface area contributed by atoms with Gasteiger partial charge in [-0.15, -0.1) is 10.2 Å². The van der Waals surface area contributed by atoms with Gasteiger partial charge < -0.3 is 14.6 Å². The second-order valence-electron chi connectivity index (χ2n) is 5.79. The Balaban J connectivity index is 2.01. The van der Waals surface area contributed by atoms with E-state index in [1.165, 1.54) is 0 Å². The quantitative estimate of drug-likeness (QED) is 0.853. The number of hydrogen-bond donors (Lipinski definition) is 1. The molecule has 2 aromatic rings. The highest BCUT2D eigenvalue weighted by Crippen LogP contribution is 2.32. The second kappa shape index (κ2) is 6.27. The smallest absolute Gasteiger partial charge is 0.416 e. The van der Waals surface area contributed by atoms with Gasteiger partial charge in [0.15, 0.2) is 5.82 Å². The third-order valence-electron chi connectivity index (χ3n) is 4.07. The van der Waals surface area contributed by atoms with Crippen LogP contribution in [-0.4, -0.2) is 42.7 Å². The van der Waals surface area contributed by atoms with E-state index in [4.69, 9.17) is 11.6 Å². The normalized spacial score (nSPS) is 17.1. The maximum absolute atomic E-state index is 13.0. The van der Waals surface area contributed by atoms with Gasteiger partial charge in [-0.2, -0.15) is 13.2 Å². The monoisotopic (exact) mass is 388 g/mol. The van der Waals surface area contributed by atoms with Crippen molar-refractivity contribution in [1.82, 2.24) is 19.7 Å². The van der Waals surface area contributed by atoms with E-state index in [1.54, 1.807) is 11.5 Å². The number of rotatable bonds is 2. The minimum Gasteiger partial charge on any atom is -0.480 e. The Kier molecular flexibility index (Phi) is 4.39. The molecule has 0 radical (unpaired) electrons. The molecule has 1 aromatic carbocycles. The van der Waals surface area contributed by atoms with Crippen LogP contribution >= 0.6 is 11.6 Å². The number of aryl methyl sites for hydroxylation is 1. The van der Waals surface area contributed by atoms with Gasteiger partial charge in [-0.1, -0.05) is 11.6 Å². The van der Waals surface area contributed by atoms with E-state index in [1.807, 2.05) is 0 Å². The lowest BCUT2D eigenvalue weighted by atomic mass is 10.1. The number of carbonyl (C=O) groups excluding carboxylic acids is 1. The van der Waals surface area contributed by atoms with Crippen molar-refractivity contribution in [2.24, 2.45) is 0 Å². The Morgan fingerprint density at radius 2 is 1.96 bits per heavy atom. The molecule has 0 saturated heterocycles. The number of alkyl halides is 3. The number of hydrogen-bond acceptors (Lipinski definition) is 4. The number of nitrogens with zero attached hydrogens (tertiary/aromatic N) is 4. The molecule has 0 fully saturated rings. The van der Waals surface area contributed by atoms with Crippen LogP contribution in [0.5, 0.6) is 0 Å². The summed E-state index contributed by atoms with van der Waals surface area (Å²) in [5, 5.41) is 16.9. The average Bonchev–Trinajstić information content (AvgIpc) is 2.92. The van der Waals surface area contributed by atoms with Crippen LogP contribution in [-0.2, 0) is 24.1 Å². The van der Waals surface area contributed by atoms with Crippen LogP contribution < -0.4 is 0 Å². The molecule has 1 aliphatic heterocycles. The van der Waals surface area contributed by atoms with Gasteiger partial charge in [0.1, 0.15) is 11.9 Å². The van der Waals surface area contributed by atoms with E-state index >= 15 is 0 Å². The molecule has 3 rings (SSSR count). The molecule has 1 N–H and O–H groups in total. The fraction of sp³-hybridized carbons (Fsp3) is 0.333. The molecule has 2 heterocycles. The average molecular weight is 389 g/mol.